The van der Waals surface area contributed by atoms with E-state index in [1.165, 1.54) is 38.1 Å². The van der Waals surface area contributed by atoms with E-state index in [1.807, 2.05) is 0 Å². The molecule has 2 amide bonds. The highest BCUT2D eigenvalue weighted by Crippen LogP contribution is 2.22. The van der Waals surface area contributed by atoms with Crippen molar-refractivity contribution in [2.45, 2.75) is 33.0 Å². The number of hydrogen-bond acceptors (Lipinski definition) is 3. The molecule has 0 bridgehead atoms. The highest BCUT2D eigenvalue weighted by molar-refractivity contribution is 5.94. The number of hydrogen-bond donors (Lipinski definition) is 2. The van der Waals surface area contributed by atoms with E-state index in [2.05, 4.69) is 5.32 Å². The summed E-state index contributed by atoms with van der Waals surface area (Å²) in [5, 5.41) is 11.5. The summed E-state index contributed by atoms with van der Waals surface area (Å²) < 4.78 is 37.1. The van der Waals surface area contributed by atoms with E-state index in [0.717, 1.165) is 7.05 Å². The lowest BCUT2D eigenvalue weighted by Gasteiger charge is -2.20. The number of halogens is 3. The lowest BCUT2D eigenvalue weighted by molar-refractivity contribution is -0.184. The van der Waals surface area contributed by atoms with Crippen molar-refractivity contribution in [1.29, 1.82) is 0 Å². The monoisotopic (exact) mass is 360 g/mol. The maximum Gasteiger partial charge on any atom is 0.471 e. The number of alkyl halides is 3. The smallest absolute Gasteiger partial charge is 0.471 e. The number of nitrogens with zero attached hydrogens (tertiary/aromatic N) is 1. The summed E-state index contributed by atoms with van der Waals surface area (Å²) in [6.45, 7) is 2.52. The Balaban J connectivity index is 2.77. The van der Waals surface area contributed by atoms with Crippen molar-refractivity contribution in [3.05, 3.63) is 29.8 Å². The topological polar surface area (TPSA) is 86.7 Å². The summed E-state index contributed by atoms with van der Waals surface area (Å²) in [7, 11) is 1.02. The Bertz CT molecular complexity index is 672. The zero-order valence-electron chi connectivity index (χ0n) is 14.0. The van der Waals surface area contributed by atoms with Crippen LogP contribution in [0.5, 0.6) is 0 Å². The maximum atomic E-state index is 12.4. The minimum absolute atomic E-state index is 0.265. The standard InChI is InChI=1S/C16H19F3N2O4/c1-15(2,14(24)25)8-12(22)20-11-6-4-5-10(7-11)9-21(3)13(23)16(17,18)19/h4-7H,8-9H2,1-3H3,(H,20,22)(H,24,25). The molecule has 0 aromatic heterocycles. The second-order valence-electron chi connectivity index (χ2n) is 6.27. The van der Waals surface area contributed by atoms with Crippen LogP contribution in [0, 0.1) is 5.41 Å². The summed E-state index contributed by atoms with van der Waals surface area (Å²) in [6, 6.07) is 5.96. The van der Waals surface area contributed by atoms with Gasteiger partial charge in [-0.3, -0.25) is 14.4 Å². The molecule has 0 aliphatic carbocycles. The molecule has 0 aliphatic rings. The molecule has 0 heterocycles. The minimum Gasteiger partial charge on any atom is -0.481 e. The maximum absolute atomic E-state index is 12.4. The van der Waals surface area contributed by atoms with Gasteiger partial charge in [0, 0.05) is 25.7 Å². The van der Waals surface area contributed by atoms with E-state index in [1.54, 1.807) is 0 Å². The Morgan fingerprint density at radius 2 is 1.80 bits per heavy atom. The van der Waals surface area contributed by atoms with Gasteiger partial charge in [0.05, 0.1) is 5.41 Å². The molecule has 0 spiro atoms. The van der Waals surface area contributed by atoms with E-state index in [-0.39, 0.29) is 13.0 Å². The van der Waals surface area contributed by atoms with Crippen molar-refractivity contribution in [2.75, 3.05) is 12.4 Å². The summed E-state index contributed by atoms with van der Waals surface area (Å²) >= 11 is 0. The first-order valence-electron chi connectivity index (χ1n) is 7.27. The van der Waals surface area contributed by atoms with Crippen molar-refractivity contribution in [1.82, 2.24) is 4.90 Å². The van der Waals surface area contributed by atoms with E-state index >= 15 is 0 Å². The lowest BCUT2D eigenvalue weighted by atomic mass is 9.89. The van der Waals surface area contributed by atoms with Gasteiger partial charge in [-0.2, -0.15) is 13.2 Å². The van der Waals surface area contributed by atoms with Crippen LogP contribution in [0.15, 0.2) is 24.3 Å². The highest BCUT2D eigenvalue weighted by atomic mass is 19.4. The molecular weight excluding hydrogens is 341 g/mol. The molecule has 1 aromatic rings. The Kier molecular flexibility index (Phi) is 6.17. The number of rotatable bonds is 6. The molecule has 9 heteroatoms. The van der Waals surface area contributed by atoms with Crippen molar-refractivity contribution in [3.63, 3.8) is 0 Å². The van der Waals surface area contributed by atoms with Gasteiger partial charge < -0.3 is 15.3 Å². The predicted octanol–water partition coefficient (Wildman–Crippen LogP) is 2.65. The minimum atomic E-state index is -4.96. The highest BCUT2D eigenvalue weighted by Gasteiger charge is 2.41. The summed E-state index contributed by atoms with van der Waals surface area (Å²) in [5.74, 6) is -3.63. The van der Waals surface area contributed by atoms with Crippen LogP contribution in [0.1, 0.15) is 25.8 Å². The van der Waals surface area contributed by atoms with Gasteiger partial charge in [-0.15, -0.1) is 0 Å². The van der Waals surface area contributed by atoms with Gasteiger partial charge in [0.15, 0.2) is 0 Å². The van der Waals surface area contributed by atoms with Gasteiger partial charge >= 0.3 is 18.1 Å². The Morgan fingerprint density at radius 3 is 2.32 bits per heavy atom. The Labute approximate surface area is 142 Å². The third-order valence-electron chi connectivity index (χ3n) is 3.40. The number of carboxylic acid groups (broad SMARTS) is 1. The van der Waals surface area contributed by atoms with Gasteiger partial charge in [0.25, 0.3) is 0 Å². The molecule has 0 aliphatic heterocycles. The molecular formula is C16H19F3N2O4. The molecule has 0 saturated carbocycles. The summed E-state index contributed by atoms with van der Waals surface area (Å²) in [6.07, 6.45) is -5.22. The molecule has 1 aromatic carbocycles. The largest absolute Gasteiger partial charge is 0.481 e. The molecule has 25 heavy (non-hydrogen) atoms. The molecule has 1 rings (SSSR count). The predicted molar refractivity (Wildman–Crippen MR) is 83.6 cm³/mol. The fourth-order valence-electron chi connectivity index (χ4n) is 1.99. The van der Waals surface area contributed by atoms with Crippen molar-refractivity contribution < 1.29 is 32.7 Å². The van der Waals surface area contributed by atoms with Crippen LogP contribution >= 0.6 is 0 Å². The molecule has 0 radical (unpaired) electrons. The van der Waals surface area contributed by atoms with Crippen LogP contribution in [-0.2, 0) is 20.9 Å². The second-order valence-corrected chi connectivity index (χ2v) is 6.27. The van der Waals surface area contributed by atoms with Gasteiger partial charge in [0.1, 0.15) is 0 Å². The summed E-state index contributed by atoms with van der Waals surface area (Å²) in [5.41, 5.74) is -0.562. The second kappa shape index (κ2) is 7.54. The number of amides is 2. The van der Waals surface area contributed by atoms with Gasteiger partial charge in [-0.1, -0.05) is 12.1 Å². The quantitative estimate of drug-likeness (QED) is 0.817. The molecule has 0 unspecified atom stereocenters. The van der Waals surface area contributed by atoms with E-state index in [9.17, 15) is 27.6 Å². The normalized spacial score (nSPS) is 11.8. The number of nitrogens with one attached hydrogen (secondary N) is 1. The van der Waals surface area contributed by atoms with Crippen LogP contribution in [0.3, 0.4) is 0 Å². The van der Waals surface area contributed by atoms with Crippen molar-refractivity contribution >= 4 is 23.5 Å². The Morgan fingerprint density at radius 1 is 1.20 bits per heavy atom. The number of carbonyl (C=O) groups is 3. The van der Waals surface area contributed by atoms with E-state index < -0.39 is 29.4 Å². The molecule has 2 N–H and O–H groups in total. The van der Waals surface area contributed by atoms with Crippen LogP contribution < -0.4 is 5.32 Å². The van der Waals surface area contributed by atoms with Crippen molar-refractivity contribution in [2.24, 2.45) is 5.41 Å². The molecule has 0 saturated heterocycles. The number of benzene rings is 1. The zero-order valence-corrected chi connectivity index (χ0v) is 14.0. The average Bonchev–Trinajstić information content (AvgIpc) is 2.44. The first-order valence-corrected chi connectivity index (χ1v) is 7.27. The number of anilines is 1. The first kappa shape index (κ1) is 20.5. The van der Waals surface area contributed by atoms with Gasteiger partial charge in [0.2, 0.25) is 5.91 Å². The third kappa shape index (κ3) is 6.09. The fourth-order valence-corrected chi connectivity index (χ4v) is 1.99. The van der Waals surface area contributed by atoms with Crippen LogP contribution in [0.2, 0.25) is 0 Å². The molecule has 6 nitrogen and oxygen atoms in total. The van der Waals surface area contributed by atoms with Crippen LogP contribution in [-0.4, -0.2) is 41.0 Å². The Hall–Kier alpha value is -2.58. The first-order chi connectivity index (χ1) is 11.3. The SMILES string of the molecule is CN(Cc1cccc(NC(=O)CC(C)(C)C(=O)O)c1)C(=O)C(F)(F)F. The van der Waals surface area contributed by atoms with Crippen LogP contribution in [0.25, 0.3) is 0 Å². The third-order valence-corrected chi connectivity index (χ3v) is 3.40. The number of carbonyl (C=O) groups excluding carboxylic acids is 2. The molecule has 138 valence electrons. The van der Waals surface area contributed by atoms with Crippen LogP contribution in [0.4, 0.5) is 18.9 Å². The molecule has 0 fully saturated rings. The zero-order chi connectivity index (χ0) is 19.4. The molecule has 0 atom stereocenters. The van der Waals surface area contributed by atoms with Crippen molar-refractivity contribution in [3.8, 4) is 0 Å². The summed E-state index contributed by atoms with van der Waals surface area (Å²) in [4.78, 5) is 34.6. The fraction of sp³-hybridized carbons (Fsp3) is 0.438. The van der Waals surface area contributed by atoms with E-state index in [0.29, 0.717) is 16.2 Å². The van der Waals surface area contributed by atoms with Gasteiger partial charge in [-0.05, 0) is 31.5 Å². The number of aliphatic carboxylic acids is 1. The average molecular weight is 360 g/mol. The number of carboxylic acids is 1. The lowest BCUT2D eigenvalue weighted by Crippen LogP contribution is -2.37. The van der Waals surface area contributed by atoms with E-state index in [4.69, 9.17) is 5.11 Å². The van der Waals surface area contributed by atoms with Gasteiger partial charge in [-0.25, -0.2) is 0 Å².